The minimum absolute atomic E-state index is 0.0983. The maximum Gasteiger partial charge on any atom is 0.332 e. The minimum atomic E-state index is -3.76. The Hall–Kier alpha value is -3.27. The van der Waals surface area contributed by atoms with Gasteiger partial charge in [-0.3, -0.25) is 0 Å². The number of anilines is 1. The van der Waals surface area contributed by atoms with E-state index in [-0.39, 0.29) is 23.2 Å². The summed E-state index contributed by atoms with van der Waals surface area (Å²) in [6.07, 6.45) is 6.38. The van der Waals surface area contributed by atoms with Gasteiger partial charge < -0.3 is 20.3 Å². The second-order valence-electron chi connectivity index (χ2n) is 13.5. The topological polar surface area (TPSA) is 125 Å². The molecule has 6 atom stereocenters. The third-order valence-corrected chi connectivity index (χ3v) is 12.2. The zero-order valence-electron chi connectivity index (χ0n) is 26.1. The van der Waals surface area contributed by atoms with Crippen molar-refractivity contribution in [2.75, 3.05) is 17.7 Å². The highest BCUT2D eigenvalue weighted by atomic mass is 35.5. The molecule has 246 valence electrons. The smallest absolute Gasteiger partial charge is 0.332 e. The number of sulfonamides is 1. The Labute approximate surface area is 276 Å². The molecule has 4 N–H and O–H groups in total. The quantitative estimate of drug-likeness (QED) is 0.168. The fraction of sp³-hybridized carbons (Fsp3) is 0.472. The molecule has 3 aliphatic rings. The molecule has 0 bridgehead atoms. The number of phenolic OH excluding ortho intramolecular Hbond substituents is 1. The van der Waals surface area contributed by atoms with E-state index in [1.165, 1.54) is 16.7 Å². The van der Waals surface area contributed by atoms with Crippen LogP contribution in [0, 0.1) is 17.3 Å². The first-order chi connectivity index (χ1) is 22.0. The average Bonchev–Trinajstić information content (AvgIpc) is 3.33. The van der Waals surface area contributed by atoms with Crippen LogP contribution in [0.15, 0.2) is 66.7 Å². The molecule has 3 aromatic rings. The van der Waals surface area contributed by atoms with Crippen molar-refractivity contribution in [2.45, 2.75) is 76.2 Å². The summed E-state index contributed by atoms with van der Waals surface area (Å²) in [5.41, 5.74) is 4.19. The van der Waals surface area contributed by atoms with Crippen molar-refractivity contribution in [1.29, 1.82) is 0 Å². The van der Waals surface area contributed by atoms with Crippen LogP contribution in [0.1, 0.15) is 80.4 Å². The zero-order valence-corrected chi connectivity index (χ0v) is 27.7. The van der Waals surface area contributed by atoms with E-state index < -0.39 is 16.1 Å². The molecule has 0 aliphatic heterocycles. The summed E-state index contributed by atoms with van der Waals surface area (Å²) in [6, 6.07) is 19.8. The van der Waals surface area contributed by atoms with Gasteiger partial charge in [-0.05, 0) is 146 Å². The van der Waals surface area contributed by atoms with Crippen LogP contribution >= 0.6 is 11.6 Å². The zero-order chi connectivity index (χ0) is 32.5. The van der Waals surface area contributed by atoms with Crippen molar-refractivity contribution < 1.29 is 28.2 Å². The third-order valence-electron chi connectivity index (χ3n) is 10.6. The lowest BCUT2D eigenvalue weighted by atomic mass is 9.51. The van der Waals surface area contributed by atoms with Gasteiger partial charge in [-0.2, -0.15) is 0 Å². The minimum Gasteiger partial charge on any atom is -0.508 e. The van der Waals surface area contributed by atoms with E-state index in [0.717, 1.165) is 37.9 Å². The molecule has 0 spiro atoms. The number of fused-ring (bicyclic) bond motifs is 5. The maximum absolute atomic E-state index is 12.3. The Balaban J connectivity index is 1.01. The van der Waals surface area contributed by atoms with Gasteiger partial charge in [0.15, 0.2) is 0 Å². The largest absolute Gasteiger partial charge is 0.508 e. The summed E-state index contributed by atoms with van der Waals surface area (Å²) in [5, 5.41) is 24.3. The summed E-state index contributed by atoms with van der Waals surface area (Å²) >= 11 is 5.83. The summed E-state index contributed by atoms with van der Waals surface area (Å²) < 4.78 is 32.7. The maximum atomic E-state index is 12.3. The summed E-state index contributed by atoms with van der Waals surface area (Å²) in [4.78, 5) is 12.1. The molecule has 2 saturated carbocycles. The Morgan fingerprint density at radius 2 is 1.76 bits per heavy atom. The lowest BCUT2D eigenvalue weighted by molar-refractivity contribution is -0.0323. The molecule has 0 radical (unpaired) electrons. The van der Waals surface area contributed by atoms with Crippen LogP contribution < -0.4 is 14.8 Å². The second-order valence-corrected chi connectivity index (χ2v) is 15.8. The number of hydrogen-bond donors (Lipinski definition) is 4. The number of carbonyl (C=O) groups is 1. The highest BCUT2D eigenvalue weighted by molar-refractivity contribution is 7.90. The van der Waals surface area contributed by atoms with Crippen molar-refractivity contribution in [3.8, 4) is 11.5 Å². The first-order valence-electron chi connectivity index (χ1n) is 16.3. The summed E-state index contributed by atoms with van der Waals surface area (Å²) in [5.74, 6) is 2.56. The van der Waals surface area contributed by atoms with Crippen molar-refractivity contribution in [2.24, 2.45) is 17.3 Å². The molecule has 6 rings (SSSR count). The number of aromatic hydroxyl groups is 1. The highest BCUT2D eigenvalue weighted by Gasteiger charge is 2.57. The summed E-state index contributed by atoms with van der Waals surface area (Å²) in [7, 11) is -3.76. The number of halogens is 1. The fourth-order valence-corrected chi connectivity index (χ4v) is 9.59. The van der Waals surface area contributed by atoms with Crippen LogP contribution in [-0.4, -0.2) is 43.1 Å². The first kappa shape index (κ1) is 32.7. The molecule has 2 fully saturated rings. The number of aryl methyl sites for hydroxylation is 1. The third kappa shape index (κ3) is 7.02. The monoisotopic (exact) mass is 666 g/mol. The van der Waals surface area contributed by atoms with Crippen LogP contribution in [0.2, 0.25) is 5.02 Å². The molecule has 46 heavy (non-hydrogen) atoms. The molecule has 3 aromatic carbocycles. The molecule has 2 amide bonds. The predicted octanol–water partition coefficient (Wildman–Crippen LogP) is 7.36. The predicted molar refractivity (Wildman–Crippen MR) is 180 cm³/mol. The number of unbranched alkanes of at least 4 members (excludes halogenated alkanes) is 2. The number of aliphatic hydroxyl groups is 1. The molecular weight excluding hydrogens is 624 g/mol. The molecule has 0 heterocycles. The second kappa shape index (κ2) is 13.5. The lowest BCUT2D eigenvalue weighted by Crippen LogP contribution is -2.47. The molecule has 3 unspecified atom stereocenters. The Kier molecular flexibility index (Phi) is 9.55. The van der Waals surface area contributed by atoms with Crippen LogP contribution in [0.3, 0.4) is 0 Å². The highest BCUT2D eigenvalue weighted by Crippen LogP contribution is 2.65. The van der Waals surface area contributed by atoms with Gasteiger partial charge in [0.1, 0.15) is 11.5 Å². The number of phenols is 1. The molecule has 8 nitrogen and oxygen atoms in total. The van der Waals surface area contributed by atoms with Gasteiger partial charge in [0, 0.05) is 10.7 Å². The first-order valence-corrected chi connectivity index (χ1v) is 18.3. The van der Waals surface area contributed by atoms with Gasteiger partial charge in [0.25, 0.3) is 0 Å². The molecular formula is C36H43ClN2O6S. The number of ether oxygens (including phenoxy) is 1. The number of benzene rings is 3. The Morgan fingerprint density at radius 3 is 2.52 bits per heavy atom. The number of carbonyl (C=O) groups excluding carboxylic acids is 1. The van der Waals surface area contributed by atoms with Crippen LogP contribution in [0.5, 0.6) is 11.5 Å². The van der Waals surface area contributed by atoms with Gasteiger partial charge in [-0.15, -0.1) is 0 Å². The summed E-state index contributed by atoms with van der Waals surface area (Å²) in [6.45, 7) is 2.75. The van der Waals surface area contributed by atoms with E-state index in [0.29, 0.717) is 60.1 Å². The van der Waals surface area contributed by atoms with E-state index in [2.05, 4.69) is 30.4 Å². The van der Waals surface area contributed by atoms with Crippen molar-refractivity contribution >= 4 is 33.3 Å². The van der Waals surface area contributed by atoms with E-state index >= 15 is 0 Å². The number of rotatable bonds is 10. The van der Waals surface area contributed by atoms with Gasteiger partial charge in [0.2, 0.25) is 10.0 Å². The van der Waals surface area contributed by atoms with Gasteiger partial charge in [-0.25, -0.2) is 17.9 Å². The van der Waals surface area contributed by atoms with Gasteiger partial charge >= 0.3 is 6.03 Å². The number of nitrogens with one attached hydrogen (secondary N) is 2. The normalized spacial score (nSPS) is 26.8. The molecule has 3 aliphatic carbocycles. The van der Waals surface area contributed by atoms with Crippen LogP contribution in [-0.2, 0) is 16.4 Å². The van der Waals surface area contributed by atoms with E-state index in [4.69, 9.17) is 16.3 Å². The SMILES string of the molecule is C[C@]12C[C@H](c3ccc(OCCCCCS(=O)(=O)NC(=O)Nc4ccc(Cl)cc4)cc3)C3c4ccc(O)cc4CCC3C1CC[C@@H]2O. The number of urea groups is 1. The van der Waals surface area contributed by atoms with E-state index in [9.17, 15) is 23.4 Å². The van der Waals surface area contributed by atoms with Crippen molar-refractivity contribution in [3.63, 3.8) is 0 Å². The lowest BCUT2D eigenvalue weighted by Gasteiger charge is -2.54. The number of hydrogen-bond acceptors (Lipinski definition) is 6. The molecule has 0 saturated heterocycles. The standard InChI is InChI=1S/C36H43ClN2O6S/c1-36-22-31(34-29-16-12-27(40)21-24(29)7-15-30(34)32(36)17-18-33(36)41)23-5-13-28(14-6-23)45-19-3-2-4-20-46(43,44)39-35(42)38-26-10-8-25(37)9-11-26/h5-6,8-14,16,21,30-34,40-41H,2-4,7,15,17-20,22H2,1H3,(H2,38,39,42)/t30?,31-,32?,33+,34?,36+/m1/s1. The Bertz CT molecular complexity index is 1650. The number of aliphatic hydroxyl groups excluding tert-OH is 1. The van der Waals surface area contributed by atoms with Gasteiger partial charge in [-0.1, -0.05) is 36.7 Å². The fourth-order valence-electron chi connectivity index (χ4n) is 8.45. The Morgan fingerprint density at radius 1 is 1.00 bits per heavy atom. The van der Waals surface area contributed by atoms with Crippen LogP contribution in [0.25, 0.3) is 0 Å². The number of amides is 2. The van der Waals surface area contributed by atoms with E-state index in [1.807, 2.05) is 29.0 Å². The molecule has 0 aromatic heterocycles. The van der Waals surface area contributed by atoms with E-state index in [1.54, 1.807) is 24.3 Å². The average molecular weight is 667 g/mol. The van der Waals surface area contributed by atoms with Crippen molar-refractivity contribution in [3.05, 3.63) is 88.4 Å². The van der Waals surface area contributed by atoms with Crippen molar-refractivity contribution in [1.82, 2.24) is 4.72 Å². The van der Waals surface area contributed by atoms with Crippen LogP contribution in [0.4, 0.5) is 10.5 Å². The molecule has 10 heteroatoms. The van der Waals surface area contributed by atoms with Gasteiger partial charge in [0.05, 0.1) is 18.5 Å².